The maximum absolute atomic E-state index is 14.1. The number of nitrogens with zero attached hydrogens (tertiary/aromatic N) is 3. The second-order valence-electron chi connectivity index (χ2n) is 6.57. The molecule has 0 aliphatic carbocycles. The van der Waals surface area contributed by atoms with Crippen LogP contribution in [0.4, 0.5) is 14.6 Å². The molecule has 0 radical (unpaired) electrons. The van der Waals surface area contributed by atoms with E-state index in [0.29, 0.717) is 6.54 Å². The number of carbonyl (C=O) groups excluding carboxylic acids is 1. The number of aromatic nitrogens is 2. The molecule has 10 heteroatoms. The van der Waals surface area contributed by atoms with Crippen molar-refractivity contribution >= 4 is 40.6 Å². The molecule has 1 atom stereocenters. The molecule has 1 aromatic heterocycles. The topological polar surface area (TPSA) is 68.5 Å². The molecule has 1 aliphatic rings. The largest absolute Gasteiger partial charge is 0.382 e. The Morgan fingerprint density at radius 2 is 1.93 bits per heavy atom. The molecule has 1 N–H and O–H groups in total. The van der Waals surface area contributed by atoms with Gasteiger partial charge in [-0.1, -0.05) is 46.6 Å². The Kier molecular flexibility index (Phi) is 5.69. The fourth-order valence-corrected chi connectivity index (χ4v) is 3.45. The van der Waals surface area contributed by atoms with Gasteiger partial charge in [-0.2, -0.15) is 5.10 Å². The molecule has 0 fully saturated rings. The summed E-state index contributed by atoms with van der Waals surface area (Å²) in [5.74, 6) is -1.27. The third-order valence-electron chi connectivity index (χ3n) is 4.43. The van der Waals surface area contributed by atoms with Crippen molar-refractivity contribution in [1.82, 2.24) is 9.78 Å². The van der Waals surface area contributed by atoms with Crippen LogP contribution in [0.3, 0.4) is 0 Å². The van der Waals surface area contributed by atoms with Crippen molar-refractivity contribution in [2.75, 3.05) is 5.32 Å². The van der Waals surface area contributed by atoms with Crippen molar-refractivity contribution in [3.8, 4) is 0 Å². The number of nitrogens with one attached hydrogen (secondary N) is 1. The highest BCUT2D eigenvalue weighted by Gasteiger charge is 2.32. The molecule has 30 heavy (non-hydrogen) atoms. The van der Waals surface area contributed by atoms with Crippen molar-refractivity contribution in [3.05, 3.63) is 81.5 Å². The lowest BCUT2D eigenvalue weighted by Crippen LogP contribution is -2.28. The Labute approximate surface area is 180 Å². The van der Waals surface area contributed by atoms with Crippen molar-refractivity contribution in [1.29, 1.82) is 0 Å². The highest BCUT2D eigenvalue weighted by molar-refractivity contribution is 6.34. The van der Waals surface area contributed by atoms with Gasteiger partial charge in [0.1, 0.15) is 16.7 Å². The van der Waals surface area contributed by atoms with Crippen LogP contribution in [0, 0.1) is 11.6 Å². The summed E-state index contributed by atoms with van der Waals surface area (Å²) in [4.78, 5) is 17.7. The van der Waals surface area contributed by atoms with Crippen LogP contribution >= 0.6 is 23.2 Å². The molecule has 4 rings (SSSR count). The van der Waals surface area contributed by atoms with E-state index in [2.05, 4.69) is 15.6 Å². The molecule has 6 nitrogen and oxygen atoms in total. The molecule has 3 aromatic rings. The molecule has 2 heterocycles. The smallest absolute Gasteiger partial charge is 0.269 e. The number of oxime groups is 1. The third kappa shape index (κ3) is 4.29. The first-order valence-corrected chi connectivity index (χ1v) is 9.61. The predicted molar refractivity (Wildman–Crippen MR) is 109 cm³/mol. The zero-order chi connectivity index (χ0) is 21.3. The number of benzene rings is 2. The Morgan fingerprint density at radius 3 is 2.67 bits per heavy atom. The molecule has 0 saturated heterocycles. The van der Waals surface area contributed by atoms with Gasteiger partial charge in [-0.25, -0.2) is 8.78 Å². The van der Waals surface area contributed by atoms with Crippen LogP contribution in [0.5, 0.6) is 0 Å². The predicted octanol–water partition coefficient (Wildman–Crippen LogP) is 4.65. The van der Waals surface area contributed by atoms with Crippen molar-refractivity contribution in [3.63, 3.8) is 0 Å². The van der Waals surface area contributed by atoms with E-state index in [1.165, 1.54) is 41.2 Å². The summed E-state index contributed by atoms with van der Waals surface area (Å²) >= 11 is 12.2. The maximum Gasteiger partial charge on any atom is 0.269 e. The van der Waals surface area contributed by atoms with Gasteiger partial charge in [0.15, 0.2) is 5.82 Å². The fourth-order valence-electron chi connectivity index (χ4n) is 2.98. The standard InChI is InChI=1S/C20H14Cl2F2N4O2/c21-13-2-1-3-15(24)18(13)16-8-17(30-27-16)20(29)25-19-14(22)10-28(26-19)9-11-4-6-12(23)7-5-11/h1-7,10,17H,8-9H2,(H,25,26,29). The summed E-state index contributed by atoms with van der Waals surface area (Å²) in [5, 5.41) is 11.0. The number of hydrogen-bond donors (Lipinski definition) is 1. The Morgan fingerprint density at radius 1 is 1.17 bits per heavy atom. The summed E-state index contributed by atoms with van der Waals surface area (Å²) < 4.78 is 28.6. The average molecular weight is 451 g/mol. The lowest BCUT2D eigenvalue weighted by atomic mass is 10.0. The van der Waals surface area contributed by atoms with Crippen LogP contribution in [-0.4, -0.2) is 27.5 Å². The first-order chi connectivity index (χ1) is 14.4. The Bertz CT molecular complexity index is 1110. The van der Waals surface area contributed by atoms with Gasteiger partial charge >= 0.3 is 0 Å². The monoisotopic (exact) mass is 450 g/mol. The van der Waals surface area contributed by atoms with Crippen molar-refractivity contribution in [2.45, 2.75) is 19.1 Å². The van der Waals surface area contributed by atoms with Crippen LogP contribution in [0.1, 0.15) is 17.5 Å². The summed E-state index contributed by atoms with van der Waals surface area (Å²) in [5.41, 5.74) is 1.16. The molecule has 0 bridgehead atoms. The summed E-state index contributed by atoms with van der Waals surface area (Å²) in [7, 11) is 0. The number of anilines is 1. The number of halogens is 4. The molecule has 0 saturated carbocycles. The molecule has 0 spiro atoms. The van der Waals surface area contributed by atoms with Gasteiger partial charge < -0.3 is 10.2 Å². The van der Waals surface area contributed by atoms with Crippen LogP contribution in [0.15, 0.2) is 53.8 Å². The number of carbonyl (C=O) groups is 1. The normalized spacial score (nSPS) is 15.6. The number of hydrogen-bond acceptors (Lipinski definition) is 4. The molecule has 1 aliphatic heterocycles. The van der Waals surface area contributed by atoms with Crippen molar-refractivity contribution in [2.24, 2.45) is 5.16 Å². The van der Waals surface area contributed by atoms with Gasteiger partial charge in [-0.05, 0) is 29.8 Å². The minimum atomic E-state index is -0.978. The second-order valence-corrected chi connectivity index (χ2v) is 7.39. The van der Waals surface area contributed by atoms with Crippen LogP contribution in [0.2, 0.25) is 10.0 Å². The quantitative estimate of drug-likeness (QED) is 0.614. The maximum atomic E-state index is 14.1. The van der Waals surface area contributed by atoms with E-state index in [1.54, 1.807) is 12.1 Å². The van der Waals surface area contributed by atoms with Crippen LogP contribution in [0.25, 0.3) is 0 Å². The van der Waals surface area contributed by atoms with E-state index in [0.717, 1.165) is 5.56 Å². The molecular formula is C20H14Cl2F2N4O2. The zero-order valence-corrected chi connectivity index (χ0v) is 16.8. The first-order valence-electron chi connectivity index (χ1n) is 8.86. The van der Waals surface area contributed by atoms with E-state index in [4.69, 9.17) is 28.0 Å². The van der Waals surface area contributed by atoms with Crippen LogP contribution < -0.4 is 5.32 Å². The Hall–Kier alpha value is -2.97. The second kappa shape index (κ2) is 8.41. The zero-order valence-electron chi connectivity index (χ0n) is 15.3. The lowest BCUT2D eigenvalue weighted by Gasteiger charge is -2.08. The van der Waals surface area contributed by atoms with Gasteiger partial charge in [0.25, 0.3) is 5.91 Å². The average Bonchev–Trinajstić information content (AvgIpc) is 3.31. The Balaban J connectivity index is 1.41. The van der Waals surface area contributed by atoms with E-state index in [9.17, 15) is 13.6 Å². The van der Waals surface area contributed by atoms with E-state index < -0.39 is 17.8 Å². The van der Waals surface area contributed by atoms with Gasteiger partial charge in [-0.15, -0.1) is 0 Å². The third-order valence-corrected chi connectivity index (χ3v) is 5.02. The van der Waals surface area contributed by atoms with Gasteiger partial charge in [0.05, 0.1) is 22.8 Å². The van der Waals surface area contributed by atoms with Gasteiger partial charge in [-0.3, -0.25) is 9.48 Å². The van der Waals surface area contributed by atoms with E-state index in [1.807, 2.05) is 0 Å². The van der Waals surface area contributed by atoms with Gasteiger partial charge in [0, 0.05) is 12.6 Å². The highest BCUT2D eigenvalue weighted by Crippen LogP contribution is 2.27. The van der Waals surface area contributed by atoms with Gasteiger partial charge in [0.2, 0.25) is 6.10 Å². The summed E-state index contributed by atoms with van der Waals surface area (Å²) in [6, 6.07) is 10.2. The lowest BCUT2D eigenvalue weighted by molar-refractivity contribution is -0.125. The van der Waals surface area contributed by atoms with E-state index >= 15 is 0 Å². The SMILES string of the molecule is O=C(Nc1nn(Cc2ccc(F)cc2)cc1Cl)C1CC(c2c(F)cccc2Cl)=NO1. The van der Waals surface area contributed by atoms with Crippen molar-refractivity contribution < 1.29 is 18.4 Å². The molecule has 154 valence electrons. The highest BCUT2D eigenvalue weighted by atomic mass is 35.5. The summed E-state index contributed by atoms with van der Waals surface area (Å²) in [6.07, 6.45) is 0.603. The summed E-state index contributed by atoms with van der Waals surface area (Å²) in [6.45, 7) is 0.342. The first kappa shape index (κ1) is 20.3. The number of rotatable bonds is 5. The fraction of sp³-hybridized carbons (Fsp3) is 0.150. The minimum Gasteiger partial charge on any atom is -0.382 e. The molecular weight excluding hydrogens is 437 g/mol. The van der Waals surface area contributed by atoms with E-state index in [-0.39, 0.29) is 39.4 Å². The number of amides is 1. The van der Waals surface area contributed by atoms with Crippen LogP contribution in [-0.2, 0) is 16.2 Å². The minimum absolute atomic E-state index is 0.0421. The molecule has 2 aromatic carbocycles. The molecule has 1 amide bonds. The molecule has 1 unspecified atom stereocenters.